The van der Waals surface area contributed by atoms with E-state index in [1.165, 1.54) is 5.69 Å². The van der Waals surface area contributed by atoms with E-state index in [1.54, 1.807) is 0 Å². The molecule has 1 aromatic heterocycles. The van der Waals surface area contributed by atoms with Gasteiger partial charge in [-0.05, 0) is 18.5 Å². The van der Waals surface area contributed by atoms with Gasteiger partial charge in [-0.1, -0.05) is 13.8 Å². The molecular weight excluding hydrogens is 150 g/mol. The van der Waals surface area contributed by atoms with Gasteiger partial charge in [0.15, 0.2) is 0 Å². The van der Waals surface area contributed by atoms with Gasteiger partial charge >= 0.3 is 0 Å². The van der Waals surface area contributed by atoms with Crippen molar-refractivity contribution in [3.8, 4) is 0 Å². The SMILES string of the molecule is CC(C)c1cc(CCN)n(C)n1. The molecule has 0 aliphatic heterocycles. The van der Waals surface area contributed by atoms with E-state index >= 15 is 0 Å². The number of rotatable bonds is 3. The molecular formula is C9H17N3. The van der Waals surface area contributed by atoms with E-state index in [2.05, 4.69) is 25.0 Å². The standard InChI is InChI=1S/C9H17N3/c1-7(2)9-6-8(4-5-10)12(3)11-9/h6-7H,4-5,10H2,1-3H3. The minimum Gasteiger partial charge on any atom is -0.330 e. The molecule has 0 amide bonds. The normalized spacial score (nSPS) is 11.1. The van der Waals surface area contributed by atoms with Crippen LogP contribution in [0, 0.1) is 0 Å². The first kappa shape index (κ1) is 9.26. The van der Waals surface area contributed by atoms with Crippen molar-refractivity contribution in [2.45, 2.75) is 26.2 Å². The van der Waals surface area contributed by atoms with Gasteiger partial charge in [0.05, 0.1) is 5.69 Å². The summed E-state index contributed by atoms with van der Waals surface area (Å²) in [6, 6.07) is 2.14. The summed E-state index contributed by atoms with van der Waals surface area (Å²) in [6.45, 7) is 4.99. The second-order valence-electron chi connectivity index (χ2n) is 3.38. The second-order valence-corrected chi connectivity index (χ2v) is 3.38. The van der Waals surface area contributed by atoms with E-state index in [0.29, 0.717) is 12.5 Å². The van der Waals surface area contributed by atoms with Crippen LogP contribution in [0.25, 0.3) is 0 Å². The quantitative estimate of drug-likeness (QED) is 0.731. The van der Waals surface area contributed by atoms with Crippen molar-refractivity contribution in [1.82, 2.24) is 9.78 Å². The molecule has 1 rings (SSSR count). The molecule has 0 spiro atoms. The van der Waals surface area contributed by atoms with Crippen molar-refractivity contribution < 1.29 is 0 Å². The molecule has 12 heavy (non-hydrogen) atoms. The summed E-state index contributed by atoms with van der Waals surface area (Å²) in [7, 11) is 1.97. The van der Waals surface area contributed by atoms with Crippen molar-refractivity contribution >= 4 is 0 Å². The third kappa shape index (κ3) is 1.85. The number of hydrogen-bond acceptors (Lipinski definition) is 2. The molecule has 1 heterocycles. The molecule has 0 fully saturated rings. The predicted octanol–water partition coefficient (Wildman–Crippen LogP) is 1.04. The zero-order valence-corrected chi connectivity index (χ0v) is 8.04. The highest BCUT2D eigenvalue weighted by Gasteiger charge is 2.06. The van der Waals surface area contributed by atoms with E-state index < -0.39 is 0 Å². The maximum Gasteiger partial charge on any atom is 0.0652 e. The van der Waals surface area contributed by atoms with E-state index in [1.807, 2.05) is 11.7 Å². The Hall–Kier alpha value is -0.830. The first-order valence-electron chi connectivity index (χ1n) is 4.38. The van der Waals surface area contributed by atoms with Crippen molar-refractivity contribution in [1.29, 1.82) is 0 Å². The molecule has 0 aliphatic carbocycles. The second kappa shape index (κ2) is 3.72. The summed E-state index contributed by atoms with van der Waals surface area (Å²) in [6.07, 6.45) is 0.913. The minimum absolute atomic E-state index is 0.503. The van der Waals surface area contributed by atoms with Crippen LogP contribution in [0.2, 0.25) is 0 Å². The summed E-state index contributed by atoms with van der Waals surface area (Å²) in [5, 5.41) is 4.39. The lowest BCUT2D eigenvalue weighted by molar-refractivity contribution is 0.679. The van der Waals surface area contributed by atoms with E-state index in [0.717, 1.165) is 12.1 Å². The average Bonchev–Trinajstić information content (AvgIpc) is 2.34. The predicted molar refractivity (Wildman–Crippen MR) is 50.1 cm³/mol. The van der Waals surface area contributed by atoms with Gasteiger partial charge in [-0.25, -0.2) is 0 Å². The lowest BCUT2D eigenvalue weighted by Crippen LogP contribution is -2.06. The molecule has 0 radical (unpaired) electrons. The third-order valence-electron chi connectivity index (χ3n) is 1.99. The zero-order valence-electron chi connectivity index (χ0n) is 8.04. The number of nitrogens with zero attached hydrogens (tertiary/aromatic N) is 2. The molecule has 3 heteroatoms. The van der Waals surface area contributed by atoms with Crippen molar-refractivity contribution in [2.24, 2.45) is 12.8 Å². The Balaban J connectivity index is 2.85. The smallest absolute Gasteiger partial charge is 0.0652 e. The number of nitrogens with two attached hydrogens (primary N) is 1. The first-order chi connectivity index (χ1) is 5.65. The van der Waals surface area contributed by atoms with Crippen LogP contribution in [0.15, 0.2) is 6.07 Å². The van der Waals surface area contributed by atoms with Gasteiger partial charge in [0.1, 0.15) is 0 Å². The lowest BCUT2D eigenvalue weighted by Gasteiger charge is -1.96. The van der Waals surface area contributed by atoms with Gasteiger partial charge < -0.3 is 5.73 Å². The van der Waals surface area contributed by atoms with Crippen LogP contribution in [-0.4, -0.2) is 16.3 Å². The van der Waals surface area contributed by atoms with E-state index in [9.17, 15) is 0 Å². The topological polar surface area (TPSA) is 43.8 Å². The van der Waals surface area contributed by atoms with Crippen molar-refractivity contribution in [2.75, 3.05) is 6.54 Å². The Morgan fingerprint density at radius 2 is 2.25 bits per heavy atom. The Morgan fingerprint density at radius 1 is 1.58 bits per heavy atom. The molecule has 68 valence electrons. The third-order valence-corrected chi connectivity index (χ3v) is 1.99. The largest absolute Gasteiger partial charge is 0.330 e. The minimum atomic E-state index is 0.503. The molecule has 0 aliphatic rings. The Kier molecular flexibility index (Phi) is 2.87. The van der Waals surface area contributed by atoms with Crippen LogP contribution in [0.1, 0.15) is 31.2 Å². The summed E-state index contributed by atoms with van der Waals surface area (Å²) < 4.78 is 1.92. The van der Waals surface area contributed by atoms with Gasteiger partial charge in [-0.15, -0.1) is 0 Å². The maximum absolute atomic E-state index is 5.47. The monoisotopic (exact) mass is 167 g/mol. The summed E-state index contributed by atoms with van der Waals surface area (Å²) in [5.41, 5.74) is 7.85. The molecule has 0 aromatic carbocycles. The van der Waals surface area contributed by atoms with Crippen LogP contribution in [0.4, 0.5) is 0 Å². The molecule has 0 bridgehead atoms. The fourth-order valence-corrected chi connectivity index (χ4v) is 1.19. The van der Waals surface area contributed by atoms with Crippen molar-refractivity contribution in [3.63, 3.8) is 0 Å². The molecule has 3 nitrogen and oxygen atoms in total. The molecule has 0 saturated carbocycles. The molecule has 1 aromatic rings. The lowest BCUT2D eigenvalue weighted by atomic mass is 10.1. The molecule has 0 atom stereocenters. The van der Waals surface area contributed by atoms with Crippen LogP contribution in [0.5, 0.6) is 0 Å². The van der Waals surface area contributed by atoms with Crippen LogP contribution in [-0.2, 0) is 13.5 Å². The number of aryl methyl sites for hydroxylation is 1. The molecule has 2 N–H and O–H groups in total. The molecule has 0 unspecified atom stereocenters. The fourth-order valence-electron chi connectivity index (χ4n) is 1.19. The van der Waals surface area contributed by atoms with Gasteiger partial charge in [-0.2, -0.15) is 5.10 Å². The molecule has 0 saturated heterocycles. The highest BCUT2D eigenvalue weighted by Crippen LogP contribution is 2.13. The van der Waals surface area contributed by atoms with Crippen LogP contribution < -0.4 is 5.73 Å². The Morgan fingerprint density at radius 3 is 2.67 bits per heavy atom. The first-order valence-corrected chi connectivity index (χ1v) is 4.38. The fraction of sp³-hybridized carbons (Fsp3) is 0.667. The van der Waals surface area contributed by atoms with E-state index in [-0.39, 0.29) is 0 Å². The van der Waals surface area contributed by atoms with Gasteiger partial charge in [-0.3, -0.25) is 4.68 Å². The van der Waals surface area contributed by atoms with Crippen molar-refractivity contribution in [3.05, 3.63) is 17.5 Å². The average molecular weight is 167 g/mol. The maximum atomic E-state index is 5.47. The van der Waals surface area contributed by atoms with Gasteiger partial charge in [0.2, 0.25) is 0 Å². The number of hydrogen-bond donors (Lipinski definition) is 1. The Labute approximate surface area is 73.6 Å². The van der Waals surface area contributed by atoms with Gasteiger partial charge in [0, 0.05) is 19.2 Å². The summed E-state index contributed by atoms with van der Waals surface area (Å²) in [5.74, 6) is 0.503. The summed E-state index contributed by atoms with van der Waals surface area (Å²) in [4.78, 5) is 0. The van der Waals surface area contributed by atoms with Crippen LogP contribution >= 0.6 is 0 Å². The zero-order chi connectivity index (χ0) is 9.14. The highest BCUT2D eigenvalue weighted by atomic mass is 15.3. The highest BCUT2D eigenvalue weighted by molar-refractivity contribution is 5.13. The van der Waals surface area contributed by atoms with E-state index in [4.69, 9.17) is 5.73 Å². The van der Waals surface area contributed by atoms with Gasteiger partial charge in [0.25, 0.3) is 0 Å². The summed E-state index contributed by atoms with van der Waals surface area (Å²) >= 11 is 0. The Bertz CT molecular complexity index is 250. The van der Waals surface area contributed by atoms with Crippen LogP contribution in [0.3, 0.4) is 0 Å². The number of aromatic nitrogens is 2.